The molecule has 0 aliphatic heterocycles. The molecule has 0 aliphatic carbocycles. The van der Waals surface area contributed by atoms with Gasteiger partial charge >= 0.3 is 12.0 Å². The molecule has 0 aliphatic rings. The molecule has 0 atom stereocenters. The first kappa shape index (κ1) is 14.2. The van der Waals surface area contributed by atoms with E-state index >= 15 is 0 Å². The number of rotatable bonds is 3. The van der Waals surface area contributed by atoms with Gasteiger partial charge in [0.1, 0.15) is 0 Å². The van der Waals surface area contributed by atoms with Crippen LogP contribution >= 0.6 is 11.6 Å². The number of halogens is 1. The summed E-state index contributed by atoms with van der Waals surface area (Å²) >= 11 is 5.88. The van der Waals surface area contributed by atoms with Crippen molar-refractivity contribution in [1.82, 2.24) is 15.0 Å². The van der Waals surface area contributed by atoms with Gasteiger partial charge in [-0.15, -0.1) is 0 Å². The van der Waals surface area contributed by atoms with E-state index in [1.54, 1.807) is 24.3 Å². The molecule has 0 saturated carbocycles. The number of hydrogen-bond donors (Lipinski definition) is 0. The van der Waals surface area contributed by atoms with Gasteiger partial charge in [-0.1, -0.05) is 48.5 Å². The highest BCUT2D eigenvalue weighted by Crippen LogP contribution is 2.19. The highest BCUT2D eigenvalue weighted by atomic mass is 35.5. The van der Waals surface area contributed by atoms with E-state index in [4.69, 9.17) is 16.3 Å². The summed E-state index contributed by atoms with van der Waals surface area (Å²) in [4.78, 5) is 24.0. The summed E-state index contributed by atoms with van der Waals surface area (Å²) < 4.78 is 5.16. The van der Waals surface area contributed by atoms with Gasteiger partial charge in [0.05, 0.1) is 5.56 Å². The molecule has 0 bridgehead atoms. The number of carbonyl (C=O) groups is 1. The molecule has 0 radical (unpaired) electrons. The Kier molecular flexibility index (Phi) is 4.07. The number of nitrogens with zero attached hydrogens (tertiary/aromatic N) is 3. The zero-order valence-corrected chi connectivity index (χ0v) is 12.1. The molecular formula is C16H10ClN3O2. The second kappa shape index (κ2) is 6.32. The van der Waals surface area contributed by atoms with Crippen LogP contribution in [0.3, 0.4) is 0 Å². The van der Waals surface area contributed by atoms with Gasteiger partial charge in [-0.05, 0) is 23.7 Å². The Hall–Kier alpha value is -2.79. The highest BCUT2D eigenvalue weighted by Gasteiger charge is 2.13. The molecular weight excluding hydrogens is 302 g/mol. The van der Waals surface area contributed by atoms with Gasteiger partial charge < -0.3 is 4.74 Å². The largest absolute Gasteiger partial charge is 0.387 e. The first-order chi connectivity index (χ1) is 10.7. The summed E-state index contributed by atoms with van der Waals surface area (Å²) in [5.74, 6) is -0.210. The van der Waals surface area contributed by atoms with Crippen molar-refractivity contribution < 1.29 is 9.53 Å². The van der Waals surface area contributed by atoms with Crippen LogP contribution in [0.5, 0.6) is 6.01 Å². The number of carbonyl (C=O) groups excluding carboxylic acids is 1. The lowest BCUT2D eigenvalue weighted by atomic mass is 10.2. The van der Waals surface area contributed by atoms with Gasteiger partial charge in [-0.25, -0.2) is 4.79 Å². The van der Waals surface area contributed by atoms with E-state index in [0.717, 1.165) is 5.56 Å². The van der Waals surface area contributed by atoms with Crippen molar-refractivity contribution in [1.29, 1.82) is 0 Å². The van der Waals surface area contributed by atoms with Crippen molar-refractivity contribution in [2.45, 2.75) is 0 Å². The lowest BCUT2D eigenvalue weighted by Crippen LogP contribution is -2.11. The van der Waals surface area contributed by atoms with E-state index in [1.165, 1.54) is 0 Å². The molecule has 0 saturated heterocycles. The minimum atomic E-state index is -0.554. The molecule has 3 aromatic rings. The van der Waals surface area contributed by atoms with Gasteiger partial charge in [-0.3, -0.25) is 0 Å². The molecule has 5 nitrogen and oxygen atoms in total. The third-order valence-electron chi connectivity index (χ3n) is 2.81. The quantitative estimate of drug-likeness (QED) is 0.693. The maximum Gasteiger partial charge on any atom is 0.345 e. The van der Waals surface area contributed by atoms with Crippen molar-refractivity contribution in [3.05, 3.63) is 71.5 Å². The van der Waals surface area contributed by atoms with Crippen molar-refractivity contribution >= 4 is 17.6 Å². The zero-order chi connectivity index (χ0) is 15.4. The minimum Gasteiger partial charge on any atom is -0.387 e. The summed E-state index contributed by atoms with van der Waals surface area (Å²) in [6.07, 6.45) is 0. The average molecular weight is 312 g/mol. The van der Waals surface area contributed by atoms with Crippen molar-refractivity contribution in [3.63, 3.8) is 0 Å². The predicted octanol–water partition coefficient (Wildman–Crippen LogP) is 3.41. The first-order valence-corrected chi connectivity index (χ1v) is 6.84. The van der Waals surface area contributed by atoms with Gasteiger partial charge in [0, 0.05) is 5.56 Å². The Morgan fingerprint density at radius 3 is 2.18 bits per heavy atom. The van der Waals surface area contributed by atoms with E-state index in [1.807, 2.05) is 36.4 Å². The smallest absolute Gasteiger partial charge is 0.345 e. The van der Waals surface area contributed by atoms with E-state index in [2.05, 4.69) is 15.0 Å². The van der Waals surface area contributed by atoms with Crippen LogP contribution in [0.15, 0.2) is 60.7 Å². The molecule has 2 aromatic carbocycles. The number of ether oxygens (including phenoxy) is 1. The fourth-order valence-corrected chi connectivity index (χ4v) is 1.96. The lowest BCUT2D eigenvalue weighted by Gasteiger charge is -2.05. The molecule has 108 valence electrons. The topological polar surface area (TPSA) is 65.0 Å². The van der Waals surface area contributed by atoms with Gasteiger partial charge in [0.2, 0.25) is 5.28 Å². The Morgan fingerprint density at radius 1 is 0.864 bits per heavy atom. The Balaban J connectivity index is 1.89. The van der Waals surface area contributed by atoms with Gasteiger partial charge in [0.15, 0.2) is 5.82 Å². The van der Waals surface area contributed by atoms with E-state index in [9.17, 15) is 4.79 Å². The monoisotopic (exact) mass is 311 g/mol. The summed E-state index contributed by atoms with van der Waals surface area (Å²) in [7, 11) is 0. The summed E-state index contributed by atoms with van der Waals surface area (Å²) in [5, 5.41) is -0.0373. The second-order valence-electron chi connectivity index (χ2n) is 4.33. The number of aromatic nitrogens is 3. The molecule has 22 heavy (non-hydrogen) atoms. The molecule has 1 aromatic heterocycles. The highest BCUT2D eigenvalue weighted by molar-refractivity contribution is 6.28. The van der Waals surface area contributed by atoms with Crippen LogP contribution in [-0.2, 0) is 0 Å². The predicted molar refractivity (Wildman–Crippen MR) is 81.7 cm³/mol. The third kappa shape index (κ3) is 3.27. The van der Waals surface area contributed by atoms with E-state index in [-0.39, 0.29) is 11.3 Å². The SMILES string of the molecule is O=C(Oc1nc(Cl)nc(-c2ccccc2)n1)c1ccccc1. The molecule has 0 spiro atoms. The van der Waals surface area contributed by atoms with Crippen molar-refractivity contribution in [2.24, 2.45) is 0 Å². The third-order valence-corrected chi connectivity index (χ3v) is 2.98. The van der Waals surface area contributed by atoms with Crippen molar-refractivity contribution in [2.75, 3.05) is 0 Å². The Labute approximate surface area is 131 Å². The van der Waals surface area contributed by atoms with Crippen LogP contribution in [0.1, 0.15) is 10.4 Å². The lowest BCUT2D eigenvalue weighted by molar-refractivity contribution is 0.0719. The maximum atomic E-state index is 12.0. The summed E-state index contributed by atoms with van der Waals surface area (Å²) in [6.45, 7) is 0. The second-order valence-corrected chi connectivity index (χ2v) is 4.67. The number of hydrogen-bond acceptors (Lipinski definition) is 5. The summed E-state index contributed by atoms with van der Waals surface area (Å²) in [5.41, 5.74) is 1.16. The van der Waals surface area contributed by atoms with E-state index < -0.39 is 5.97 Å². The molecule has 0 fully saturated rings. The average Bonchev–Trinajstić information content (AvgIpc) is 2.56. The minimum absolute atomic E-state index is 0.0373. The normalized spacial score (nSPS) is 10.2. The van der Waals surface area contributed by atoms with E-state index in [0.29, 0.717) is 11.4 Å². The van der Waals surface area contributed by atoms with Crippen LogP contribution in [0.4, 0.5) is 0 Å². The van der Waals surface area contributed by atoms with Gasteiger partial charge in [-0.2, -0.15) is 15.0 Å². The maximum absolute atomic E-state index is 12.0. The Morgan fingerprint density at radius 2 is 1.50 bits per heavy atom. The van der Waals surface area contributed by atoms with Crippen LogP contribution in [0.2, 0.25) is 5.28 Å². The number of benzene rings is 2. The van der Waals surface area contributed by atoms with Gasteiger partial charge in [0.25, 0.3) is 0 Å². The molecule has 0 unspecified atom stereocenters. The Bertz CT molecular complexity index is 795. The summed E-state index contributed by atoms with van der Waals surface area (Å²) in [6, 6.07) is 17.7. The van der Waals surface area contributed by atoms with Crippen LogP contribution in [0.25, 0.3) is 11.4 Å². The zero-order valence-electron chi connectivity index (χ0n) is 11.3. The molecule has 1 heterocycles. The van der Waals surface area contributed by atoms with Crippen LogP contribution in [-0.4, -0.2) is 20.9 Å². The molecule has 0 amide bonds. The molecule has 0 N–H and O–H groups in total. The van der Waals surface area contributed by atoms with Crippen LogP contribution < -0.4 is 4.74 Å². The fraction of sp³-hybridized carbons (Fsp3) is 0. The molecule has 3 rings (SSSR count). The molecule has 6 heteroatoms. The standard InChI is InChI=1S/C16H10ClN3O2/c17-15-18-13(11-7-3-1-4-8-11)19-16(20-15)22-14(21)12-9-5-2-6-10-12/h1-10H. The van der Waals surface area contributed by atoms with Crippen molar-refractivity contribution in [3.8, 4) is 17.4 Å². The van der Waals surface area contributed by atoms with Crippen LogP contribution in [0, 0.1) is 0 Å². The number of esters is 1. The fourth-order valence-electron chi connectivity index (χ4n) is 1.81. The first-order valence-electron chi connectivity index (χ1n) is 6.46.